The number of hydrogen-bond acceptors (Lipinski definition) is 2. The summed E-state index contributed by atoms with van der Waals surface area (Å²) in [7, 11) is 1.88. The van der Waals surface area contributed by atoms with Gasteiger partial charge in [-0.25, -0.2) is 4.98 Å². The lowest BCUT2D eigenvalue weighted by atomic mass is 10.0. The Morgan fingerprint density at radius 1 is 1.06 bits per heavy atom. The molecule has 18 heavy (non-hydrogen) atoms. The van der Waals surface area contributed by atoms with Crippen molar-refractivity contribution in [3.8, 4) is 11.1 Å². The summed E-state index contributed by atoms with van der Waals surface area (Å²) in [4.78, 5) is 4.19. The van der Waals surface area contributed by atoms with E-state index in [1.807, 2.05) is 19.3 Å². The Hall–Kier alpha value is -1.83. The lowest BCUT2D eigenvalue weighted by Gasteiger charge is -2.04. The van der Waals surface area contributed by atoms with E-state index < -0.39 is 0 Å². The van der Waals surface area contributed by atoms with Gasteiger partial charge in [0.25, 0.3) is 0 Å². The van der Waals surface area contributed by atoms with Crippen LogP contribution < -0.4 is 5.32 Å². The van der Waals surface area contributed by atoms with Crippen LogP contribution in [0.2, 0.25) is 0 Å². The second-order valence-electron chi connectivity index (χ2n) is 4.26. The van der Waals surface area contributed by atoms with Crippen molar-refractivity contribution in [3.63, 3.8) is 0 Å². The van der Waals surface area contributed by atoms with Crippen LogP contribution in [0.25, 0.3) is 11.1 Å². The van der Waals surface area contributed by atoms with E-state index in [9.17, 15) is 0 Å². The highest BCUT2D eigenvalue weighted by atomic mass is 14.9. The predicted molar refractivity (Wildman–Crippen MR) is 79.9 cm³/mol. The molecule has 0 aliphatic heterocycles. The monoisotopic (exact) mass is 242 g/mol. The van der Waals surface area contributed by atoms with Crippen molar-refractivity contribution in [2.45, 2.75) is 27.2 Å². The Bertz CT molecular complexity index is 478. The topological polar surface area (TPSA) is 24.9 Å². The molecule has 0 saturated carbocycles. The first kappa shape index (κ1) is 14.2. The molecule has 0 saturated heterocycles. The fourth-order valence-corrected chi connectivity index (χ4v) is 1.57. The fourth-order valence-electron chi connectivity index (χ4n) is 1.57. The smallest absolute Gasteiger partial charge is 0.126 e. The van der Waals surface area contributed by atoms with Crippen LogP contribution in [-0.4, -0.2) is 12.0 Å². The molecular formula is C16H22N2. The molecule has 96 valence electrons. The first-order valence-electron chi connectivity index (χ1n) is 6.42. The molecule has 1 aromatic carbocycles. The van der Waals surface area contributed by atoms with Gasteiger partial charge in [0.15, 0.2) is 0 Å². The zero-order valence-corrected chi connectivity index (χ0v) is 11.7. The van der Waals surface area contributed by atoms with E-state index in [1.54, 1.807) is 0 Å². The maximum atomic E-state index is 4.19. The summed E-state index contributed by atoms with van der Waals surface area (Å²) in [6.45, 7) is 6.35. The second-order valence-corrected chi connectivity index (χ2v) is 4.26. The highest BCUT2D eigenvalue weighted by Crippen LogP contribution is 2.21. The normalized spacial score (nSPS) is 9.33. The first-order chi connectivity index (χ1) is 8.71. The van der Waals surface area contributed by atoms with Crippen LogP contribution in [0.15, 0.2) is 42.6 Å². The number of anilines is 1. The van der Waals surface area contributed by atoms with Gasteiger partial charge in [-0.05, 0) is 30.2 Å². The molecule has 2 aromatic rings. The van der Waals surface area contributed by atoms with Gasteiger partial charge >= 0.3 is 0 Å². The molecule has 1 aromatic heterocycles. The third-order valence-electron chi connectivity index (χ3n) is 2.37. The molecule has 0 bridgehead atoms. The molecule has 2 heteroatoms. The van der Waals surface area contributed by atoms with Crippen LogP contribution in [-0.2, 0) is 0 Å². The van der Waals surface area contributed by atoms with Gasteiger partial charge < -0.3 is 5.32 Å². The van der Waals surface area contributed by atoms with Crippen LogP contribution in [0.1, 0.15) is 25.8 Å². The Kier molecular flexibility index (Phi) is 5.92. The molecule has 2 nitrogen and oxygen atoms in total. The number of hydrogen-bond donors (Lipinski definition) is 1. The Balaban J connectivity index is 0.000000492. The third kappa shape index (κ3) is 4.21. The van der Waals surface area contributed by atoms with Crippen LogP contribution >= 0.6 is 0 Å². The number of nitrogens with one attached hydrogen (secondary N) is 1. The van der Waals surface area contributed by atoms with Crippen LogP contribution in [0.3, 0.4) is 0 Å². The minimum absolute atomic E-state index is 0.897. The molecule has 0 aliphatic rings. The van der Waals surface area contributed by atoms with Crippen molar-refractivity contribution in [2.75, 3.05) is 12.4 Å². The van der Waals surface area contributed by atoms with E-state index in [0.717, 1.165) is 5.82 Å². The number of aromatic nitrogens is 1. The van der Waals surface area contributed by atoms with Gasteiger partial charge in [0.2, 0.25) is 0 Å². The molecule has 2 rings (SSSR count). The van der Waals surface area contributed by atoms with Gasteiger partial charge in [-0.2, -0.15) is 0 Å². The molecule has 0 fully saturated rings. The number of benzene rings is 1. The lowest BCUT2D eigenvalue weighted by molar-refractivity contribution is 1.09. The zero-order valence-electron chi connectivity index (χ0n) is 11.7. The minimum Gasteiger partial charge on any atom is -0.373 e. The van der Waals surface area contributed by atoms with Crippen LogP contribution in [0.5, 0.6) is 0 Å². The van der Waals surface area contributed by atoms with Gasteiger partial charge in [0, 0.05) is 13.2 Å². The number of pyridine rings is 1. The first-order valence-corrected chi connectivity index (χ1v) is 6.42. The molecule has 0 atom stereocenters. The van der Waals surface area contributed by atoms with Crippen molar-refractivity contribution in [1.29, 1.82) is 0 Å². The minimum atomic E-state index is 0.897. The summed E-state index contributed by atoms with van der Waals surface area (Å²) in [5.74, 6) is 0.897. The largest absolute Gasteiger partial charge is 0.373 e. The zero-order chi connectivity index (χ0) is 13.4. The van der Waals surface area contributed by atoms with E-state index >= 15 is 0 Å². The SMILES string of the molecule is CCC.CNc1cc(-c2cccc(C)c2)ccn1. The van der Waals surface area contributed by atoms with E-state index in [2.05, 4.69) is 61.4 Å². The molecule has 0 aliphatic carbocycles. The molecule has 1 heterocycles. The standard InChI is InChI=1S/C13H14N2.C3H8/c1-10-4-3-5-11(8-10)12-6-7-15-13(9-12)14-2;1-3-2/h3-9H,1-2H3,(H,14,15);3H2,1-2H3. The van der Waals surface area contributed by atoms with Crippen molar-refractivity contribution >= 4 is 5.82 Å². The fraction of sp³-hybridized carbons (Fsp3) is 0.312. The van der Waals surface area contributed by atoms with Crippen LogP contribution in [0, 0.1) is 6.92 Å². The molecule has 0 amide bonds. The quantitative estimate of drug-likeness (QED) is 0.837. The number of aryl methyl sites for hydroxylation is 1. The lowest BCUT2D eigenvalue weighted by Crippen LogP contribution is -1.91. The van der Waals surface area contributed by atoms with E-state index in [-0.39, 0.29) is 0 Å². The maximum Gasteiger partial charge on any atom is 0.126 e. The Labute approximate surface area is 110 Å². The maximum absolute atomic E-state index is 4.19. The summed E-state index contributed by atoms with van der Waals surface area (Å²) in [5.41, 5.74) is 3.70. The highest BCUT2D eigenvalue weighted by Gasteiger charge is 1.98. The summed E-state index contributed by atoms with van der Waals surface area (Å²) in [6.07, 6.45) is 3.07. The summed E-state index contributed by atoms with van der Waals surface area (Å²) in [6, 6.07) is 12.5. The third-order valence-corrected chi connectivity index (χ3v) is 2.37. The van der Waals surface area contributed by atoms with E-state index in [1.165, 1.54) is 23.1 Å². The van der Waals surface area contributed by atoms with E-state index in [0.29, 0.717) is 0 Å². The van der Waals surface area contributed by atoms with Gasteiger partial charge in [-0.15, -0.1) is 0 Å². The molecule has 0 radical (unpaired) electrons. The highest BCUT2D eigenvalue weighted by molar-refractivity contribution is 5.66. The number of rotatable bonds is 2. The molecule has 1 N–H and O–H groups in total. The Morgan fingerprint density at radius 3 is 2.33 bits per heavy atom. The summed E-state index contributed by atoms with van der Waals surface area (Å²) in [5, 5.41) is 3.04. The van der Waals surface area contributed by atoms with Crippen LogP contribution in [0.4, 0.5) is 5.82 Å². The summed E-state index contributed by atoms with van der Waals surface area (Å²) >= 11 is 0. The average molecular weight is 242 g/mol. The second kappa shape index (κ2) is 7.49. The Morgan fingerprint density at radius 2 is 1.72 bits per heavy atom. The summed E-state index contributed by atoms with van der Waals surface area (Å²) < 4.78 is 0. The van der Waals surface area contributed by atoms with Gasteiger partial charge in [-0.1, -0.05) is 50.1 Å². The predicted octanol–water partition coefficient (Wildman–Crippen LogP) is 4.52. The molecular weight excluding hydrogens is 220 g/mol. The molecule has 0 unspecified atom stereocenters. The van der Waals surface area contributed by atoms with Crippen molar-refractivity contribution in [2.24, 2.45) is 0 Å². The van der Waals surface area contributed by atoms with Gasteiger partial charge in [0.1, 0.15) is 5.82 Å². The van der Waals surface area contributed by atoms with Gasteiger partial charge in [0.05, 0.1) is 0 Å². The average Bonchev–Trinajstić information content (AvgIpc) is 2.40. The van der Waals surface area contributed by atoms with Gasteiger partial charge in [-0.3, -0.25) is 0 Å². The van der Waals surface area contributed by atoms with Crippen molar-refractivity contribution in [3.05, 3.63) is 48.2 Å². The van der Waals surface area contributed by atoms with Crippen molar-refractivity contribution in [1.82, 2.24) is 4.98 Å². The molecule has 0 spiro atoms. The van der Waals surface area contributed by atoms with E-state index in [4.69, 9.17) is 0 Å². The van der Waals surface area contributed by atoms with Crippen molar-refractivity contribution < 1.29 is 0 Å². The number of nitrogens with zero attached hydrogens (tertiary/aromatic N) is 1.